The highest BCUT2D eigenvalue weighted by atomic mass is 16.2. The third-order valence-electron chi connectivity index (χ3n) is 3.90. The van der Waals surface area contributed by atoms with Gasteiger partial charge in [0.2, 0.25) is 0 Å². The van der Waals surface area contributed by atoms with Crippen molar-refractivity contribution < 1.29 is 4.79 Å². The maximum atomic E-state index is 12.7. The van der Waals surface area contributed by atoms with Crippen molar-refractivity contribution in [3.05, 3.63) is 66.5 Å². The van der Waals surface area contributed by atoms with Crippen molar-refractivity contribution in [1.82, 2.24) is 15.0 Å². The number of anilines is 1. The Labute approximate surface area is 132 Å². The van der Waals surface area contributed by atoms with Gasteiger partial charge >= 0.3 is 0 Å². The summed E-state index contributed by atoms with van der Waals surface area (Å²) in [6, 6.07) is 17.1. The third-order valence-corrected chi connectivity index (χ3v) is 3.90. The first-order valence-electron chi connectivity index (χ1n) is 7.29. The molecule has 0 aliphatic carbocycles. The zero-order valence-corrected chi connectivity index (χ0v) is 12.5. The van der Waals surface area contributed by atoms with E-state index in [1.807, 2.05) is 48.5 Å². The first-order valence-corrected chi connectivity index (χ1v) is 7.29. The Hall–Kier alpha value is -3.21. The highest BCUT2D eigenvalue weighted by Gasteiger charge is 2.15. The van der Waals surface area contributed by atoms with Crippen LogP contribution in [0.1, 0.15) is 10.4 Å². The van der Waals surface area contributed by atoms with Crippen molar-refractivity contribution in [2.45, 2.75) is 0 Å². The van der Waals surface area contributed by atoms with E-state index in [4.69, 9.17) is 0 Å². The van der Waals surface area contributed by atoms with Crippen molar-refractivity contribution in [1.29, 1.82) is 0 Å². The molecule has 0 spiro atoms. The van der Waals surface area contributed by atoms with E-state index in [1.54, 1.807) is 24.3 Å². The predicted octanol–water partition coefficient (Wildman–Crippen LogP) is 3.39. The monoisotopic (exact) mass is 302 g/mol. The number of aromatic amines is 1. The average Bonchev–Trinajstić information content (AvgIpc) is 3.07. The second-order valence-corrected chi connectivity index (χ2v) is 5.36. The van der Waals surface area contributed by atoms with Gasteiger partial charge in [0.15, 0.2) is 0 Å². The van der Waals surface area contributed by atoms with Crippen molar-refractivity contribution in [2.24, 2.45) is 0 Å². The van der Waals surface area contributed by atoms with Gasteiger partial charge in [-0.25, -0.2) is 9.97 Å². The fraction of sp³-hybridized carbons (Fsp3) is 0.0556. The molecule has 0 saturated carbocycles. The maximum absolute atomic E-state index is 12.7. The third kappa shape index (κ3) is 2.32. The molecule has 2 heterocycles. The van der Waals surface area contributed by atoms with Crippen LogP contribution < -0.4 is 4.90 Å². The summed E-state index contributed by atoms with van der Waals surface area (Å²) in [4.78, 5) is 26.0. The van der Waals surface area contributed by atoms with Gasteiger partial charge in [0, 0.05) is 18.0 Å². The number of nitrogens with zero attached hydrogens (tertiary/aromatic N) is 3. The van der Waals surface area contributed by atoms with Gasteiger partial charge in [-0.2, -0.15) is 0 Å². The minimum Gasteiger partial charge on any atom is -0.345 e. The molecule has 0 atom stereocenters. The number of amides is 1. The molecule has 2 aromatic heterocycles. The summed E-state index contributed by atoms with van der Waals surface area (Å²) in [6.45, 7) is 0. The number of hydrogen-bond donors (Lipinski definition) is 1. The number of H-pyrrole nitrogens is 1. The Balaban J connectivity index is 1.70. The van der Waals surface area contributed by atoms with Gasteiger partial charge in [0.1, 0.15) is 5.82 Å². The molecule has 5 nitrogen and oxygen atoms in total. The molecule has 0 fully saturated rings. The summed E-state index contributed by atoms with van der Waals surface area (Å²) in [5.74, 6) is 0.516. The van der Waals surface area contributed by atoms with E-state index in [-0.39, 0.29) is 5.91 Å². The molecule has 1 N–H and O–H groups in total. The van der Waals surface area contributed by atoms with E-state index in [9.17, 15) is 4.79 Å². The molecule has 0 aliphatic rings. The zero-order valence-electron chi connectivity index (χ0n) is 12.5. The highest BCUT2D eigenvalue weighted by Crippen LogP contribution is 2.20. The number of rotatable bonds is 2. The van der Waals surface area contributed by atoms with E-state index in [0.717, 1.165) is 21.9 Å². The SMILES string of the molecule is CN(C(=O)c1ccc2nc[nH]c2c1)c1ccc2ccccc2n1. The molecule has 0 bridgehead atoms. The molecule has 1 amide bonds. The summed E-state index contributed by atoms with van der Waals surface area (Å²) in [7, 11) is 1.73. The van der Waals surface area contributed by atoms with Gasteiger partial charge in [-0.15, -0.1) is 0 Å². The number of imidazole rings is 1. The van der Waals surface area contributed by atoms with Crippen LogP contribution in [0, 0.1) is 0 Å². The van der Waals surface area contributed by atoms with Crippen LogP contribution in [0.3, 0.4) is 0 Å². The van der Waals surface area contributed by atoms with Crippen molar-refractivity contribution >= 4 is 33.7 Å². The first-order chi connectivity index (χ1) is 11.2. The van der Waals surface area contributed by atoms with Crippen LogP contribution in [-0.4, -0.2) is 27.9 Å². The molecule has 4 rings (SSSR count). The van der Waals surface area contributed by atoms with E-state index in [2.05, 4.69) is 15.0 Å². The van der Waals surface area contributed by atoms with Crippen molar-refractivity contribution in [2.75, 3.05) is 11.9 Å². The van der Waals surface area contributed by atoms with Crippen LogP contribution in [0.4, 0.5) is 5.82 Å². The number of benzene rings is 2. The van der Waals surface area contributed by atoms with Crippen molar-refractivity contribution in [3.63, 3.8) is 0 Å². The smallest absolute Gasteiger partial charge is 0.259 e. The van der Waals surface area contributed by atoms with E-state index >= 15 is 0 Å². The van der Waals surface area contributed by atoms with Gasteiger partial charge in [0.05, 0.1) is 22.9 Å². The summed E-state index contributed by atoms with van der Waals surface area (Å²) in [6.07, 6.45) is 1.62. The number of para-hydroxylation sites is 1. The fourth-order valence-corrected chi connectivity index (χ4v) is 2.61. The van der Waals surface area contributed by atoms with Gasteiger partial charge < -0.3 is 4.98 Å². The standard InChI is InChI=1S/C18H14N4O/c1-22(17-9-7-12-4-2-3-5-14(12)21-17)18(23)13-6-8-15-16(10-13)20-11-19-15/h2-11H,1H3,(H,19,20). The van der Waals surface area contributed by atoms with Crippen LogP contribution in [-0.2, 0) is 0 Å². The molecule has 112 valence electrons. The fourth-order valence-electron chi connectivity index (χ4n) is 2.61. The quantitative estimate of drug-likeness (QED) is 0.617. The molecular formula is C18H14N4O. The van der Waals surface area contributed by atoms with Crippen LogP contribution in [0.25, 0.3) is 21.9 Å². The number of fused-ring (bicyclic) bond motifs is 2. The number of carbonyl (C=O) groups is 1. The second-order valence-electron chi connectivity index (χ2n) is 5.36. The van der Waals surface area contributed by atoms with E-state index < -0.39 is 0 Å². The highest BCUT2D eigenvalue weighted by molar-refractivity contribution is 6.07. The van der Waals surface area contributed by atoms with Crippen molar-refractivity contribution in [3.8, 4) is 0 Å². The lowest BCUT2D eigenvalue weighted by Crippen LogP contribution is -2.27. The topological polar surface area (TPSA) is 61.9 Å². The van der Waals surface area contributed by atoms with Gasteiger partial charge in [-0.05, 0) is 36.4 Å². The minimum absolute atomic E-state index is 0.107. The number of aromatic nitrogens is 3. The first kappa shape index (κ1) is 13.5. The maximum Gasteiger partial charge on any atom is 0.259 e. The molecule has 4 aromatic rings. The van der Waals surface area contributed by atoms with Gasteiger partial charge in [0.25, 0.3) is 5.91 Å². The Morgan fingerprint density at radius 2 is 1.91 bits per heavy atom. The second kappa shape index (κ2) is 5.21. The van der Waals surface area contributed by atoms with Crippen LogP contribution in [0.5, 0.6) is 0 Å². The number of hydrogen-bond acceptors (Lipinski definition) is 3. The molecule has 0 aliphatic heterocycles. The Bertz CT molecular complexity index is 1020. The lowest BCUT2D eigenvalue weighted by molar-refractivity contribution is 0.0992. The zero-order chi connectivity index (χ0) is 15.8. The summed E-state index contributed by atoms with van der Waals surface area (Å²) in [5.41, 5.74) is 3.15. The van der Waals surface area contributed by atoms with Crippen LogP contribution in [0.2, 0.25) is 0 Å². The Morgan fingerprint density at radius 1 is 1.04 bits per heavy atom. The lowest BCUT2D eigenvalue weighted by Gasteiger charge is -2.16. The number of carbonyl (C=O) groups excluding carboxylic acids is 1. The molecule has 5 heteroatoms. The summed E-state index contributed by atoms with van der Waals surface area (Å²) in [5, 5.41) is 1.05. The largest absolute Gasteiger partial charge is 0.345 e. The molecule has 0 saturated heterocycles. The molecule has 0 unspecified atom stereocenters. The summed E-state index contributed by atoms with van der Waals surface area (Å²) >= 11 is 0. The number of nitrogens with one attached hydrogen (secondary N) is 1. The molecular weight excluding hydrogens is 288 g/mol. The van der Waals surface area contributed by atoms with Crippen LogP contribution in [0.15, 0.2) is 60.9 Å². The summed E-state index contributed by atoms with van der Waals surface area (Å²) < 4.78 is 0. The lowest BCUT2D eigenvalue weighted by atomic mass is 10.1. The van der Waals surface area contributed by atoms with Gasteiger partial charge in [-0.3, -0.25) is 9.69 Å². The molecule has 23 heavy (non-hydrogen) atoms. The number of pyridine rings is 1. The predicted molar refractivity (Wildman–Crippen MR) is 90.6 cm³/mol. The minimum atomic E-state index is -0.107. The molecule has 2 aromatic carbocycles. The molecule has 0 radical (unpaired) electrons. The van der Waals surface area contributed by atoms with Gasteiger partial charge in [-0.1, -0.05) is 18.2 Å². The average molecular weight is 302 g/mol. The van der Waals surface area contributed by atoms with E-state index in [1.165, 1.54) is 0 Å². The Kier molecular flexibility index (Phi) is 3.05. The normalized spacial score (nSPS) is 11.0. The van der Waals surface area contributed by atoms with Crippen LogP contribution >= 0.6 is 0 Å². The Morgan fingerprint density at radius 3 is 2.83 bits per heavy atom. The van der Waals surface area contributed by atoms with E-state index in [0.29, 0.717) is 11.4 Å².